The van der Waals surface area contributed by atoms with Crippen molar-refractivity contribution in [3.63, 3.8) is 0 Å². The summed E-state index contributed by atoms with van der Waals surface area (Å²) < 4.78 is 18.7. The first-order valence-corrected chi connectivity index (χ1v) is 5.39. The van der Waals surface area contributed by atoms with Gasteiger partial charge < -0.3 is 9.84 Å². The fourth-order valence-electron chi connectivity index (χ4n) is 1.51. The zero-order valence-electron chi connectivity index (χ0n) is 9.96. The molecule has 0 heterocycles. The highest BCUT2D eigenvalue weighted by molar-refractivity contribution is 5.51. The molecule has 0 saturated heterocycles. The van der Waals surface area contributed by atoms with Gasteiger partial charge >= 0.3 is 5.69 Å². The summed E-state index contributed by atoms with van der Waals surface area (Å²) in [6.07, 6.45) is 0. The first-order chi connectivity index (χ1) is 8.97. The minimum Gasteiger partial charge on any atom is -0.508 e. The number of hydrogen-bond acceptors (Lipinski definition) is 4. The summed E-state index contributed by atoms with van der Waals surface area (Å²) in [6, 6.07) is 7.77. The van der Waals surface area contributed by atoms with Crippen molar-refractivity contribution in [1.82, 2.24) is 0 Å². The second-order valence-corrected chi connectivity index (χ2v) is 3.92. The third kappa shape index (κ3) is 2.79. The normalized spacial score (nSPS) is 10.2. The number of ether oxygens (including phenoxy) is 1. The van der Waals surface area contributed by atoms with Crippen LogP contribution < -0.4 is 4.74 Å². The molecule has 0 atom stereocenters. The highest BCUT2D eigenvalue weighted by atomic mass is 19.1. The molecule has 19 heavy (non-hydrogen) atoms. The molecule has 0 amide bonds. The molecule has 0 aromatic heterocycles. The average Bonchev–Trinajstić information content (AvgIpc) is 2.36. The van der Waals surface area contributed by atoms with Crippen molar-refractivity contribution in [2.75, 3.05) is 0 Å². The van der Waals surface area contributed by atoms with E-state index in [1.807, 2.05) is 0 Å². The number of hydrogen-bond donors (Lipinski definition) is 1. The van der Waals surface area contributed by atoms with Gasteiger partial charge in [0.1, 0.15) is 17.3 Å². The molecule has 0 radical (unpaired) electrons. The summed E-state index contributed by atoms with van der Waals surface area (Å²) in [6.45, 7) is 1.49. The number of phenolic OH excluding ortho intramolecular Hbond substituents is 1. The molecule has 2 aromatic rings. The van der Waals surface area contributed by atoms with Gasteiger partial charge in [-0.05, 0) is 42.8 Å². The van der Waals surface area contributed by atoms with Gasteiger partial charge in [-0.15, -0.1) is 0 Å². The molecule has 0 unspecified atom stereocenters. The molecule has 0 fully saturated rings. The van der Waals surface area contributed by atoms with Gasteiger partial charge in [0.2, 0.25) is 5.75 Å². The molecule has 0 aliphatic carbocycles. The van der Waals surface area contributed by atoms with Gasteiger partial charge in [0.05, 0.1) is 11.0 Å². The van der Waals surface area contributed by atoms with Crippen molar-refractivity contribution in [1.29, 1.82) is 0 Å². The lowest BCUT2D eigenvalue weighted by Crippen LogP contribution is -1.96. The number of benzene rings is 2. The lowest BCUT2D eigenvalue weighted by atomic mass is 10.2. The number of nitrogens with zero attached hydrogens (tertiary/aromatic N) is 1. The number of nitro groups is 1. The van der Waals surface area contributed by atoms with Crippen LogP contribution in [0.25, 0.3) is 0 Å². The van der Waals surface area contributed by atoms with Gasteiger partial charge in [0.15, 0.2) is 0 Å². The zero-order chi connectivity index (χ0) is 14.0. The number of aryl methyl sites for hydroxylation is 1. The Hall–Kier alpha value is -2.63. The van der Waals surface area contributed by atoms with Gasteiger partial charge in [0, 0.05) is 0 Å². The summed E-state index contributed by atoms with van der Waals surface area (Å²) in [7, 11) is 0. The average molecular weight is 263 g/mol. The van der Waals surface area contributed by atoms with E-state index in [0.29, 0.717) is 5.75 Å². The maximum Gasteiger partial charge on any atom is 0.314 e. The second kappa shape index (κ2) is 4.93. The molecule has 2 aromatic carbocycles. The fourth-order valence-corrected chi connectivity index (χ4v) is 1.51. The predicted octanol–water partition coefficient (Wildman–Crippen LogP) is 3.54. The number of rotatable bonds is 3. The SMILES string of the molecule is Cc1cc(Oc2ccc(O)cc2)c([N+](=O)[O-])cc1F. The van der Waals surface area contributed by atoms with Crippen molar-refractivity contribution in [2.24, 2.45) is 0 Å². The van der Waals surface area contributed by atoms with Gasteiger partial charge in [0.25, 0.3) is 0 Å². The van der Waals surface area contributed by atoms with Crippen molar-refractivity contribution in [3.8, 4) is 17.2 Å². The topological polar surface area (TPSA) is 72.6 Å². The first kappa shape index (κ1) is 12.8. The van der Waals surface area contributed by atoms with E-state index in [2.05, 4.69) is 0 Å². The fraction of sp³-hybridized carbons (Fsp3) is 0.0769. The van der Waals surface area contributed by atoms with Gasteiger partial charge in [-0.25, -0.2) is 4.39 Å². The number of phenols is 1. The first-order valence-electron chi connectivity index (χ1n) is 5.39. The molecule has 0 aliphatic heterocycles. The van der Waals surface area contributed by atoms with E-state index in [0.717, 1.165) is 6.07 Å². The van der Waals surface area contributed by atoms with Crippen molar-refractivity contribution >= 4 is 5.69 Å². The van der Waals surface area contributed by atoms with E-state index >= 15 is 0 Å². The molecule has 0 saturated carbocycles. The lowest BCUT2D eigenvalue weighted by molar-refractivity contribution is -0.385. The van der Waals surface area contributed by atoms with E-state index in [1.54, 1.807) is 0 Å². The Morgan fingerprint density at radius 3 is 2.47 bits per heavy atom. The summed E-state index contributed by atoms with van der Waals surface area (Å²) >= 11 is 0. The Labute approximate surface area is 108 Å². The lowest BCUT2D eigenvalue weighted by Gasteiger charge is -2.07. The summed E-state index contributed by atoms with van der Waals surface area (Å²) in [5.74, 6) is -0.344. The quantitative estimate of drug-likeness (QED) is 0.679. The Kier molecular flexibility index (Phi) is 3.33. The molecule has 0 bridgehead atoms. The third-order valence-corrected chi connectivity index (χ3v) is 2.50. The van der Waals surface area contributed by atoms with Crippen LogP contribution in [-0.4, -0.2) is 10.0 Å². The standard InChI is InChI=1S/C13H10FNO4/c1-8-6-13(12(15(17)18)7-11(8)14)19-10-4-2-9(16)3-5-10/h2-7,16H,1H3. The van der Waals surface area contributed by atoms with E-state index in [-0.39, 0.29) is 17.1 Å². The summed E-state index contributed by atoms with van der Waals surface area (Å²) in [5.41, 5.74) is -0.199. The van der Waals surface area contributed by atoms with Crippen LogP contribution >= 0.6 is 0 Å². The van der Waals surface area contributed by atoms with Crippen LogP contribution in [0.3, 0.4) is 0 Å². The molecular formula is C13H10FNO4. The van der Waals surface area contributed by atoms with Crippen molar-refractivity contribution in [3.05, 3.63) is 57.9 Å². The highest BCUT2D eigenvalue weighted by Gasteiger charge is 2.19. The van der Waals surface area contributed by atoms with E-state index < -0.39 is 16.4 Å². The number of halogens is 1. The molecule has 6 heteroatoms. The van der Waals surface area contributed by atoms with Crippen molar-refractivity contribution < 1.29 is 19.2 Å². The molecule has 2 rings (SSSR count). The summed E-state index contributed by atoms with van der Waals surface area (Å²) in [5, 5.41) is 20.0. The van der Waals surface area contributed by atoms with Crippen molar-refractivity contribution in [2.45, 2.75) is 6.92 Å². The minimum atomic E-state index is -0.710. The zero-order valence-corrected chi connectivity index (χ0v) is 9.96. The summed E-state index contributed by atoms with van der Waals surface area (Å²) in [4.78, 5) is 10.1. The highest BCUT2D eigenvalue weighted by Crippen LogP contribution is 2.33. The van der Waals surface area contributed by atoms with Crippen LogP contribution in [0.1, 0.15) is 5.56 Å². The molecular weight excluding hydrogens is 253 g/mol. The third-order valence-electron chi connectivity index (χ3n) is 2.50. The van der Waals surface area contributed by atoms with Gasteiger partial charge in [-0.2, -0.15) is 0 Å². The van der Waals surface area contributed by atoms with Crippen LogP contribution in [0.15, 0.2) is 36.4 Å². The Morgan fingerprint density at radius 2 is 1.89 bits per heavy atom. The van der Waals surface area contributed by atoms with Crippen LogP contribution in [-0.2, 0) is 0 Å². The smallest absolute Gasteiger partial charge is 0.314 e. The molecule has 98 valence electrons. The van der Waals surface area contributed by atoms with E-state index in [1.165, 1.54) is 37.3 Å². The van der Waals surface area contributed by atoms with Gasteiger partial charge in [-0.3, -0.25) is 10.1 Å². The maximum absolute atomic E-state index is 13.3. The number of aromatic hydroxyl groups is 1. The van der Waals surface area contributed by atoms with E-state index in [4.69, 9.17) is 9.84 Å². The Bertz CT molecular complexity index is 625. The minimum absolute atomic E-state index is 0.0467. The van der Waals surface area contributed by atoms with Crippen LogP contribution in [0.4, 0.5) is 10.1 Å². The molecule has 1 N–H and O–H groups in total. The van der Waals surface area contributed by atoms with Crippen LogP contribution in [0, 0.1) is 22.9 Å². The van der Waals surface area contributed by atoms with Gasteiger partial charge in [-0.1, -0.05) is 0 Å². The molecule has 0 spiro atoms. The molecule has 5 nitrogen and oxygen atoms in total. The van der Waals surface area contributed by atoms with Crippen LogP contribution in [0.5, 0.6) is 17.2 Å². The monoisotopic (exact) mass is 263 g/mol. The molecule has 0 aliphatic rings. The predicted molar refractivity (Wildman–Crippen MR) is 66.0 cm³/mol. The second-order valence-electron chi connectivity index (χ2n) is 3.92. The maximum atomic E-state index is 13.3. The van der Waals surface area contributed by atoms with E-state index in [9.17, 15) is 14.5 Å². The van der Waals surface area contributed by atoms with Crippen LogP contribution in [0.2, 0.25) is 0 Å². The Morgan fingerprint density at radius 1 is 1.26 bits per heavy atom. The largest absolute Gasteiger partial charge is 0.508 e. The number of nitro benzene ring substituents is 1. The Balaban J connectivity index is 2.41.